The topological polar surface area (TPSA) is 3.24 Å². The van der Waals surface area contributed by atoms with Gasteiger partial charge >= 0.3 is 0 Å². The highest BCUT2D eigenvalue weighted by atomic mass is 15.1. The van der Waals surface area contributed by atoms with Crippen LogP contribution < -0.4 is 4.90 Å². The highest BCUT2D eigenvalue weighted by molar-refractivity contribution is 5.48. The van der Waals surface area contributed by atoms with Gasteiger partial charge in [-0.15, -0.1) is 0 Å². The van der Waals surface area contributed by atoms with Crippen molar-refractivity contribution in [1.29, 1.82) is 0 Å². The second-order valence-corrected chi connectivity index (χ2v) is 4.91. The molecule has 1 nitrogen and oxygen atoms in total. The van der Waals surface area contributed by atoms with Crippen LogP contribution in [0.4, 0.5) is 5.69 Å². The quantitative estimate of drug-likeness (QED) is 0.732. The minimum atomic E-state index is 1.01. The summed E-state index contributed by atoms with van der Waals surface area (Å²) in [6, 6.07) is 19.6. The van der Waals surface area contributed by atoms with Crippen LogP contribution in [-0.2, 0) is 6.42 Å². The maximum atomic E-state index is 2.42. The molecule has 0 saturated heterocycles. The summed E-state index contributed by atoms with van der Waals surface area (Å²) in [5.74, 6) is 0. The first kappa shape index (κ1) is 13.7. The van der Waals surface area contributed by atoms with Gasteiger partial charge in [0.05, 0.1) is 0 Å². The molecule has 19 heavy (non-hydrogen) atoms. The normalized spacial score (nSPS) is 10.4. The van der Waals surface area contributed by atoms with E-state index in [9.17, 15) is 0 Å². The Morgan fingerprint density at radius 3 is 2.00 bits per heavy atom. The van der Waals surface area contributed by atoms with Crippen molar-refractivity contribution in [3.8, 4) is 0 Å². The molecule has 100 valence electrons. The van der Waals surface area contributed by atoms with Crippen molar-refractivity contribution < 1.29 is 0 Å². The van der Waals surface area contributed by atoms with E-state index in [0.29, 0.717) is 0 Å². The maximum Gasteiger partial charge on any atom is 0.0366 e. The van der Waals surface area contributed by atoms with E-state index >= 15 is 0 Å². The van der Waals surface area contributed by atoms with E-state index < -0.39 is 0 Å². The van der Waals surface area contributed by atoms with E-state index in [1.165, 1.54) is 23.2 Å². The maximum absolute atomic E-state index is 2.42. The third kappa shape index (κ3) is 3.85. The Hall–Kier alpha value is -1.76. The summed E-state index contributed by atoms with van der Waals surface area (Å²) in [6.07, 6.45) is 2.21. The number of hydrogen-bond acceptors (Lipinski definition) is 1. The minimum Gasteiger partial charge on any atom is -0.372 e. The summed E-state index contributed by atoms with van der Waals surface area (Å²) < 4.78 is 0. The molecule has 2 aromatic rings. The molecule has 2 aromatic carbocycles. The first-order valence-electron chi connectivity index (χ1n) is 7.21. The van der Waals surface area contributed by atoms with E-state index in [0.717, 1.165) is 19.5 Å². The van der Waals surface area contributed by atoms with Gasteiger partial charge in [-0.2, -0.15) is 0 Å². The predicted molar refractivity (Wildman–Crippen MR) is 83.9 cm³/mol. The zero-order valence-electron chi connectivity index (χ0n) is 12.0. The van der Waals surface area contributed by atoms with Crippen molar-refractivity contribution in [2.75, 3.05) is 18.0 Å². The molecule has 0 unspecified atom stereocenters. The minimum absolute atomic E-state index is 1.01. The molecule has 0 aliphatic rings. The lowest BCUT2D eigenvalue weighted by molar-refractivity contribution is 0.791. The van der Waals surface area contributed by atoms with Gasteiger partial charge in [0, 0.05) is 18.8 Å². The van der Waals surface area contributed by atoms with Gasteiger partial charge in [-0.1, -0.05) is 49.4 Å². The molecule has 0 fully saturated rings. The fraction of sp³-hybridized carbons (Fsp3) is 0.333. The first-order valence-corrected chi connectivity index (χ1v) is 7.21. The molecule has 0 bridgehead atoms. The summed E-state index contributed by atoms with van der Waals surface area (Å²) in [5, 5.41) is 0. The zero-order valence-corrected chi connectivity index (χ0v) is 12.0. The summed E-state index contributed by atoms with van der Waals surface area (Å²) in [4.78, 5) is 2.42. The Labute approximate surface area is 116 Å². The van der Waals surface area contributed by atoms with Crippen LogP contribution in [0.1, 0.15) is 31.4 Å². The molecule has 2 rings (SSSR count). The molecule has 0 heterocycles. The van der Waals surface area contributed by atoms with Crippen LogP contribution in [0.3, 0.4) is 0 Å². The van der Waals surface area contributed by atoms with Crippen molar-refractivity contribution in [2.45, 2.75) is 26.7 Å². The molecule has 0 radical (unpaired) electrons. The van der Waals surface area contributed by atoms with Gasteiger partial charge in [0.1, 0.15) is 0 Å². The van der Waals surface area contributed by atoms with Gasteiger partial charge in [-0.25, -0.2) is 0 Å². The number of benzene rings is 2. The third-order valence-corrected chi connectivity index (χ3v) is 3.43. The monoisotopic (exact) mass is 253 g/mol. The average molecular weight is 253 g/mol. The Morgan fingerprint density at radius 2 is 1.42 bits per heavy atom. The molecule has 0 aliphatic carbocycles. The molecule has 0 N–H and O–H groups in total. The Bertz CT molecular complexity index is 473. The van der Waals surface area contributed by atoms with Gasteiger partial charge in [0.15, 0.2) is 0 Å². The molecule has 0 aliphatic heterocycles. The van der Waals surface area contributed by atoms with Gasteiger partial charge in [0.25, 0.3) is 0 Å². The fourth-order valence-electron chi connectivity index (χ4n) is 2.40. The molecule has 0 aromatic heterocycles. The molecular weight excluding hydrogens is 230 g/mol. The summed E-state index contributed by atoms with van der Waals surface area (Å²) in [5.41, 5.74) is 4.08. The Kier molecular flexibility index (Phi) is 5.02. The average Bonchev–Trinajstić information content (AvgIpc) is 2.47. The van der Waals surface area contributed by atoms with Gasteiger partial charge in [-0.05, 0) is 43.0 Å². The van der Waals surface area contributed by atoms with Crippen LogP contribution in [0.5, 0.6) is 0 Å². The third-order valence-electron chi connectivity index (χ3n) is 3.43. The number of hydrogen-bond donors (Lipinski definition) is 0. The largest absolute Gasteiger partial charge is 0.372 e. The fourth-order valence-corrected chi connectivity index (χ4v) is 2.40. The summed E-state index contributed by atoms with van der Waals surface area (Å²) >= 11 is 0. The first-order chi connectivity index (χ1) is 9.33. The van der Waals surface area contributed by atoms with Crippen LogP contribution in [0, 0.1) is 0 Å². The van der Waals surface area contributed by atoms with Crippen LogP contribution >= 0.6 is 0 Å². The van der Waals surface area contributed by atoms with Crippen molar-refractivity contribution in [3.63, 3.8) is 0 Å². The second kappa shape index (κ2) is 6.98. The SMILES string of the molecule is CCCN(CC)c1ccc(Cc2ccccc2)cc1. The number of nitrogens with zero attached hydrogens (tertiary/aromatic N) is 1. The molecular formula is C18H23N. The van der Waals surface area contributed by atoms with E-state index in [4.69, 9.17) is 0 Å². The molecule has 1 heteroatoms. The predicted octanol–water partition coefficient (Wildman–Crippen LogP) is 4.51. The van der Waals surface area contributed by atoms with Crippen LogP contribution in [-0.4, -0.2) is 13.1 Å². The number of rotatable bonds is 6. The lowest BCUT2D eigenvalue weighted by Crippen LogP contribution is -2.23. The van der Waals surface area contributed by atoms with E-state index in [1.54, 1.807) is 0 Å². The second-order valence-electron chi connectivity index (χ2n) is 4.91. The molecule has 0 amide bonds. The van der Waals surface area contributed by atoms with E-state index in [-0.39, 0.29) is 0 Å². The van der Waals surface area contributed by atoms with Crippen LogP contribution in [0.25, 0.3) is 0 Å². The van der Waals surface area contributed by atoms with Crippen molar-refractivity contribution >= 4 is 5.69 Å². The summed E-state index contributed by atoms with van der Waals surface area (Å²) in [6.45, 7) is 6.65. The Balaban J connectivity index is 2.06. The van der Waals surface area contributed by atoms with Crippen molar-refractivity contribution in [2.24, 2.45) is 0 Å². The van der Waals surface area contributed by atoms with Gasteiger partial charge < -0.3 is 4.90 Å². The number of anilines is 1. The van der Waals surface area contributed by atoms with Crippen LogP contribution in [0.2, 0.25) is 0 Å². The summed E-state index contributed by atoms with van der Waals surface area (Å²) in [7, 11) is 0. The molecule has 0 spiro atoms. The van der Waals surface area contributed by atoms with Crippen molar-refractivity contribution in [3.05, 3.63) is 65.7 Å². The highest BCUT2D eigenvalue weighted by Gasteiger charge is 2.03. The lowest BCUT2D eigenvalue weighted by atomic mass is 10.0. The standard InChI is InChI=1S/C18H23N/c1-3-14-19(4-2)18-12-10-17(11-13-18)15-16-8-6-5-7-9-16/h5-13H,3-4,14-15H2,1-2H3. The smallest absolute Gasteiger partial charge is 0.0366 e. The van der Waals surface area contributed by atoms with E-state index in [2.05, 4.69) is 73.3 Å². The molecule has 0 atom stereocenters. The van der Waals surface area contributed by atoms with Crippen LogP contribution in [0.15, 0.2) is 54.6 Å². The van der Waals surface area contributed by atoms with Gasteiger partial charge in [0.2, 0.25) is 0 Å². The van der Waals surface area contributed by atoms with E-state index in [1.807, 2.05) is 0 Å². The highest BCUT2D eigenvalue weighted by Crippen LogP contribution is 2.17. The molecule has 0 saturated carbocycles. The Morgan fingerprint density at radius 1 is 0.789 bits per heavy atom. The zero-order chi connectivity index (χ0) is 13.5. The van der Waals surface area contributed by atoms with Crippen molar-refractivity contribution in [1.82, 2.24) is 0 Å². The lowest BCUT2D eigenvalue weighted by Gasteiger charge is -2.22. The van der Waals surface area contributed by atoms with Gasteiger partial charge in [-0.3, -0.25) is 0 Å².